The van der Waals surface area contributed by atoms with Gasteiger partial charge in [0.1, 0.15) is 0 Å². The molecule has 0 bridgehead atoms. The van der Waals surface area contributed by atoms with Gasteiger partial charge < -0.3 is 5.73 Å². The molecular weight excluding hydrogens is 232 g/mol. The maximum absolute atomic E-state index is 6.23. The van der Waals surface area contributed by atoms with Gasteiger partial charge in [-0.15, -0.1) is 0 Å². The summed E-state index contributed by atoms with van der Waals surface area (Å²) in [5, 5.41) is 0. The Hall–Kier alpha value is -0.0800. The number of hydrogen-bond acceptors (Lipinski definition) is 2. The van der Waals surface area contributed by atoms with E-state index in [1.807, 2.05) is 0 Å². The first kappa shape index (κ1) is 18.9. The molecular formula is C17H38N2. The topological polar surface area (TPSA) is 29.3 Å². The van der Waals surface area contributed by atoms with Gasteiger partial charge in [0.2, 0.25) is 0 Å². The Kier molecular flexibility index (Phi) is 8.93. The summed E-state index contributed by atoms with van der Waals surface area (Å²) < 4.78 is 0. The molecule has 2 N–H and O–H groups in total. The largest absolute Gasteiger partial charge is 0.329 e. The van der Waals surface area contributed by atoms with E-state index >= 15 is 0 Å². The van der Waals surface area contributed by atoms with Crippen LogP contribution in [-0.2, 0) is 0 Å². The predicted molar refractivity (Wildman–Crippen MR) is 87.4 cm³/mol. The van der Waals surface area contributed by atoms with Crippen molar-refractivity contribution in [3.05, 3.63) is 0 Å². The van der Waals surface area contributed by atoms with Crippen molar-refractivity contribution in [3.63, 3.8) is 0 Å². The van der Waals surface area contributed by atoms with Crippen LogP contribution >= 0.6 is 0 Å². The van der Waals surface area contributed by atoms with Crippen LogP contribution in [0.2, 0.25) is 0 Å². The van der Waals surface area contributed by atoms with Crippen molar-refractivity contribution >= 4 is 0 Å². The molecule has 0 fully saturated rings. The molecule has 0 aromatic rings. The lowest BCUT2D eigenvalue weighted by atomic mass is 9.82. The lowest BCUT2D eigenvalue weighted by Gasteiger charge is -2.46. The molecule has 116 valence electrons. The summed E-state index contributed by atoms with van der Waals surface area (Å²) in [7, 11) is 0. The second kappa shape index (κ2) is 8.97. The summed E-state index contributed by atoms with van der Waals surface area (Å²) in [5.41, 5.74) is 6.43. The maximum atomic E-state index is 6.23. The van der Waals surface area contributed by atoms with E-state index < -0.39 is 0 Å². The van der Waals surface area contributed by atoms with Gasteiger partial charge in [-0.3, -0.25) is 4.90 Å². The Labute approximate surface area is 122 Å². The molecule has 0 saturated heterocycles. The minimum Gasteiger partial charge on any atom is -0.329 e. The van der Waals surface area contributed by atoms with Gasteiger partial charge in [0, 0.05) is 25.2 Å². The third kappa shape index (κ3) is 6.27. The highest BCUT2D eigenvalue weighted by Gasteiger charge is 2.35. The Balaban J connectivity index is 5.10. The van der Waals surface area contributed by atoms with E-state index in [4.69, 9.17) is 5.73 Å². The number of rotatable bonds is 10. The Morgan fingerprint density at radius 1 is 0.947 bits per heavy atom. The maximum Gasteiger partial charge on any atom is 0.0331 e. The van der Waals surface area contributed by atoms with Crippen molar-refractivity contribution < 1.29 is 0 Å². The molecule has 2 unspecified atom stereocenters. The van der Waals surface area contributed by atoms with Crippen LogP contribution < -0.4 is 5.73 Å². The molecule has 0 radical (unpaired) electrons. The molecule has 0 spiro atoms. The van der Waals surface area contributed by atoms with Crippen LogP contribution in [0.3, 0.4) is 0 Å². The van der Waals surface area contributed by atoms with Crippen LogP contribution in [0.25, 0.3) is 0 Å². The van der Waals surface area contributed by atoms with Crippen molar-refractivity contribution in [3.8, 4) is 0 Å². The molecule has 0 aromatic heterocycles. The van der Waals surface area contributed by atoms with Gasteiger partial charge in [0.25, 0.3) is 0 Å². The zero-order chi connectivity index (χ0) is 15.1. The van der Waals surface area contributed by atoms with Gasteiger partial charge in [-0.05, 0) is 30.6 Å². The fourth-order valence-corrected chi connectivity index (χ4v) is 2.99. The molecule has 0 aromatic carbocycles. The van der Waals surface area contributed by atoms with Crippen LogP contribution in [0, 0.1) is 17.8 Å². The SMILES string of the molecule is CCC(C)CC(CC)(CN)N(CC(C)C)CC(C)C. The summed E-state index contributed by atoms with van der Waals surface area (Å²) in [6.45, 7) is 19.3. The average Bonchev–Trinajstić information content (AvgIpc) is 2.33. The second-order valence-electron chi connectivity index (χ2n) is 7.19. The summed E-state index contributed by atoms with van der Waals surface area (Å²) in [5.74, 6) is 2.16. The molecule has 0 saturated carbocycles. The Morgan fingerprint density at radius 3 is 1.68 bits per heavy atom. The summed E-state index contributed by atoms with van der Waals surface area (Å²) in [4.78, 5) is 2.69. The molecule has 2 heteroatoms. The summed E-state index contributed by atoms with van der Waals surface area (Å²) >= 11 is 0. The first-order valence-electron chi connectivity index (χ1n) is 8.26. The first-order chi connectivity index (χ1) is 8.81. The third-order valence-corrected chi connectivity index (χ3v) is 4.31. The molecule has 0 amide bonds. The Bertz CT molecular complexity index is 209. The van der Waals surface area contributed by atoms with Gasteiger partial charge in [-0.1, -0.05) is 54.9 Å². The monoisotopic (exact) mass is 270 g/mol. The minimum absolute atomic E-state index is 0.198. The van der Waals surface area contributed by atoms with Gasteiger partial charge >= 0.3 is 0 Å². The number of nitrogens with two attached hydrogens (primary N) is 1. The van der Waals surface area contributed by atoms with Crippen molar-refractivity contribution in [2.45, 2.75) is 73.3 Å². The highest BCUT2D eigenvalue weighted by atomic mass is 15.2. The smallest absolute Gasteiger partial charge is 0.0331 e. The average molecular weight is 271 g/mol. The summed E-state index contributed by atoms with van der Waals surface area (Å²) in [6, 6.07) is 0. The van der Waals surface area contributed by atoms with Crippen LogP contribution in [-0.4, -0.2) is 30.1 Å². The molecule has 0 aliphatic heterocycles. The zero-order valence-electron chi connectivity index (χ0n) is 14.5. The van der Waals surface area contributed by atoms with E-state index in [0.29, 0.717) is 11.8 Å². The van der Waals surface area contributed by atoms with Crippen LogP contribution in [0.5, 0.6) is 0 Å². The first-order valence-corrected chi connectivity index (χ1v) is 8.26. The van der Waals surface area contributed by atoms with Gasteiger partial charge in [0.05, 0.1) is 0 Å². The van der Waals surface area contributed by atoms with E-state index in [-0.39, 0.29) is 5.54 Å². The predicted octanol–water partition coefficient (Wildman–Crippen LogP) is 4.14. The number of nitrogens with zero attached hydrogens (tertiary/aromatic N) is 1. The van der Waals surface area contributed by atoms with Crippen molar-refractivity contribution in [1.29, 1.82) is 0 Å². The lowest BCUT2D eigenvalue weighted by molar-refractivity contribution is 0.0442. The third-order valence-electron chi connectivity index (χ3n) is 4.31. The van der Waals surface area contributed by atoms with Crippen LogP contribution in [0.1, 0.15) is 67.7 Å². The van der Waals surface area contributed by atoms with Crippen molar-refractivity contribution in [2.24, 2.45) is 23.5 Å². The van der Waals surface area contributed by atoms with E-state index in [0.717, 1.165) is 18.9 Å². The van der Waals surface area contributed by atoms with Crippen LogP contribution in [0.4, 0.5) is 0 Å². The normalized spacial score (nSPS) is 17.2. The summed E-state index contributed by atoms with van der Waals surface area (Å²) in [6.07, 6.45) is 3.64. The molecule has 19 heavy (non-hydrogen) atoms. The second-order valence-corrected chi connectivity index (χ2v) is 7.19. The molecule has 0 aliphatic carbocycles. The van der Waals surface area contributed by atoms with E-state index in [1.54, 1.807) is 0 Å². The molecule has 2 atom stereocenters. The molecule has 2 nitrogen and oxygen atoms in total. The van der Waals surface area contributed by atoms with E-state index in [9.17, 15) is 0 Å². The highest BCUT2D eigenvalue weighted by Crippen LogP contribution is 2.30. The van der Waals surface area contributed by atoms with Gasteiger partial charge in [0.15, 0.2) is 0 Å². The van der Waals surface area contributed by atoms with E-state index in [2.05, 4.69) is 53.4 Å². The molecule has 0 heterocycles. The zero-order valence-corrected chi connectivity index (χ0v) is 14.5. The highest BCUT2D eigenvalue weighted by molar-refractivity contribution is 4.92. The van der Waals surface area contributed by atoms with Crippen molar-refractivity contribution in [2.75, 3.05) is 19.6 Å². The number of hydrogen-bond donors (Lipinski definition) is 1. The van der Waals surface area contributed by atoms with E-state index in [1.165, 1.54) is 25.9 Å². The fourth-order valence-electron chi connectivity index (χ4n) is 2.99. The quantitative estimate of drug-likeness (QED) is 0.646. The van der Waals surface area contributed by atoms with Gasteiger partial charge in [-0.25, -0.2) is 0 Å². The Morgan fingerprint density at radius 2 is 1.42 bits per heavy atom. The minimum atomic E-state index is 0.198. The van der Waals surface area contributed by atoms with Gasteiger partial charge in [-0.2, -0.15) is 0 Å². The molecule has 0 rings (SSSR count). The molecule has 0 aliphatic rings. The van der Waals surface area contributed by atoms with Crippen molar-refractivity contribution in [1.82, 2.24) is 4.90 Å². The fraction of sp³-hybridized carbons (Fsp3) is 1.00. The lowest BCUT2D eigenvalue weighted by Crippen LogP contribution is -2.56. The van der Waals surface area contributed by atoms with Crippen LogP contribution in [0.15, 0.2) is 0 Å². The standard InChI is InChI=1S/C17H38N2/c1-8-16(7)10-17(9-2,13-18)19(11-14(3)4)12-15(5)6/h14-16H,8-13,18H2,1-7H3.